The van der Waals surface area contributed by atoms with Crippen LogP contribution in [0.2, 0.25) is 5.02 Å². The van der Waals surface area contributed by atoms with Gasteiger partial charge in [-0.25, -0.2) is 0 Å². The van der Waals surface area contributed by atoms with Crippen LogP contribution in [0, 0.1) is 11.3 Å². The first kappa shape index (κ1) is 21.6. The standard InChI is InChI=1S/C23H32ClN3O3/c1-23(16-26-10-12-30-13-11-26)6-8-27(9-7-23)22(29)19-15-20(28)25(2)21(19)17-4-3-5-18(24)14-17/h3-5,14,19,21H,6-13,15-16H2,1-2H3/t19-,21+/m0/s1. The first-order chi connectivity index (χ1) is 14.4. The monoisotopic (exact) mass is 433 g/mol. The Morgan fingerprint density at radius 3 is 2.57 bits per heavy atom. The molecule has 0 aliphatic carbocycles. The van der Waals surface area contributed by atoms with Crippen molar-refractivity contribution >= 4 is 23.4 Å². The Bertz CT molecular complexity index is 788. The minimum absolute atomic E-state index is 0.0208. The number of nitrogens with zero attached hydrogens (tertiary/aromatic N) is 3. The number of hydrogen-bond acceptors (Lipinski definition) is 4. The summed E-state index contributed by atoms with van der Waals surface area (Å²) < 4.78 is 5.46. The number of morpholine rings is 1. The van der Waals surface area contributed by atoms with E-state index in [-0.39, 0.29) is 35.6 Å². The van der Waals surface area contributed by atoms with Crippen LogP contribution in [0.5, 0.6) is 0 Å². The largest absolute Gasteiger partial charge is 0.379 e. The van der Waals surface area contributed by atoms with Gasteiger partial charge in [0, 0.05) is 51.2 Å². The summed E-state index contributed by atoms with van der Waals surface area (Å²) in [5, 5.41) is 0.628. The molecule has 0 radical (unpaired) electrons. The highest BCUT2D eigenvalue weighted by Crippen LogP contribution is 2.40. The molecule has 1 aromatic carbocycles. The van der Waals surface area contributed by atoms with E-state index in [9.17, 15) is 9.59 Å². The molecule has 7 heteroatoms. The van der Waals surface area contributed by atoms with Crippen molar-refractivity contribution in [1.29, 1.82) is 0 Å². The molecule has 30 heavy (non-hydrogen) atoms. The maximum Gasteiger partial charge on any atom is 0.228 e. The minimum Gasteiger partial charge on any atom is -0.379 e. The fraction of sp³-hybridized carbons (Fsp3) is 0.652. The highest BCUT2D eigenvalue weighted by molar-refractivity contribution is 6.30. The van der Waals surface area contributed by atoms with Crippen LogP contribution in [0.1, 0.15) is 37.8 Å². The van der Waals surface area contributed by atoms with E-state index in [1.165, 1.54) is 0 Å². The van der Waals surface area contributed by atoms with Crippen molar-refractivity contribution in [2.75, 3.05) is 53.0 Å². The lowest BCUT2D eigenvalue weighted by Crippen LogP contribution is -2.50. The number of amides is 2. The maximum atomic E-state index is 13.4. The maximum absolute atomic E-state index is 13.4. The Morgan fingerprint density at radius 2 is 1.90 bits per heavy atom. The van der Waals surface area contributed by atoms with Gasteiger partial charge in [0.25, 0.3) is 0 Å². The number of likely N-dealkylation sites (tertiary alicyclic amines) is 2. The smallest absolute Gasteiger partial charge is 0.228 e. The topological polar surface area (TPSA) is 53.1 Å². The molecule has 3 aliphatic rings. The number of rotatable bonds is 4. The summed E-state index contributed by atoms with van der Waals surface area (Å²) >= 11 is 6.18. The fourth-order valence-electron chi connectivity index (χ4n) is 5.20. The third-order valence-electron chi connectivity index (χ3n) is 7.08. The van der Waals surface area contributed by atoms with Gasteiger partial charge in [0.15, 0.2) is 0 Å². The van der Waals surface area contributed by atoms with Crippen LogP contribution in [-0.2, 0) is 14.3 Å². The van der Waals surface area contributed by atoms with Crippen molar-refractivity contribution in [2.24, 2.45) is 11.3 Å². The molecule has 6 nitrogen and oxygen atoms in total. The first-order valence-corrected chi connectivity index (χ1v) is 11.3. The summed E-state index contributed by atoms with van der Waals surface area (Å²) in [6.07, 6.45) is 2.26. The lowest BCUT2D eigenvalue weighted by atomic mass is 9.79. The van der Waals surface area contributed by atoms with Crippen molar-refractivity contribution in [2.45, 2.75) is 32.2 Å². The Kier molecular flexibility index (Phi) is 6.37. The molecule has 4 rings (SSSR count). The SMILES string of the molecule is CN1C(=O)C[C@H](C(=O)N2CCC(C)(CN3CCOCC3)CC2)[C@H]1c1cccc(Cl)c1. The van der Waals surface area contributed by atoms with Crippen LogP contribution in [0.4, 0.5) is 0 Å². The van der Waals surface area contributed by atoms with Gasteiger partial charge in [-0.15, -0.1) is 0 Å². The average Bonchev–Trinajstić information content (AvgIpc) is 3.03. The van der Waals surface area contributed by atoms with Crippen molar-refractivity contribution in [3.63, 3.8) is 0 Å². The fourth-order valence-corrected chi connectivity index (χ4v) is 5.40. The highest BCUT2D eigenvalue weighted by Gasteiger charge is 2.45. The number of halogens is 1. The van der Waals surface area contributed by atoms with Crippen molar-refractivity contribution in [3.8, 4) is 0 Å². The summed E-state index contributed by atoms with van der Waals surface area (Å²) in [6, 6.07) is 7.29. The predicted octanol–water partition coefficient (Wildman–Crippen LogP) is 2.82. The van der Waals surface area contributed by atoms with E-state index in [0.717, 1.165) is 64.3 Å². The third kappa shape index (κ3) is 4.51. The van der Waals surface area contributed by atoms with E-state index in [0.29, 0.717) is 5.02 Å². The number of hydrogen-bond donors (Lipinski definition) is 0. The van der Waals surface area contributed by atoms with Crippen molar-refractivity contribution in [3.05, 3.63) is 34.9 Å². The van der Waals surface area contributed by atoms with Gasteiger partial charge in [0.1, 0.15) is 0 Å². The van der Waals surface area contributed by atoms with Crippen LogP contribution >= 0.6 is 11.6 Å². The highest BCUT2D eigenvalue weighted by atomic mass is 35.5. The summed E-state index contributed by atoms with van der Waals surface area (Å²) in [5.41, 5.74) is 1.16. The molecule has 3 fully saturated rings. The number of benzene rings is 1. The number of piperidine rings is 1. The molecule has 2 amide bonds. The molecule has 1 aromatic rings. The molecular formula is C23H32ClN3O3. The van der Waals surface area contributed by atoms with Crippen molar-refractivity contribution < 1.29 is 14.3 Å². The van der Waals surface area contributed by atoms with E-state index >= 15 is 0 Å². The van der Waals surface area contributed by atoms with E-state index in [4.69, 9.17) is 16.3 Å². The molecule has 0 spiro atoms. The molecule has 3 saturated heterocycles. The van der Waals surface area contributed by atoms with E-state index in [2.05, 4.69) is 11.8 Å². The van der Waals surface area contributed by atoms with Crippen LogP contribution < -0.4 is 0 Å². The van der Waals surface area contributed by atoms with Crippen LogP contribution in [0.15, 0.2) is 24.3 Å². The Balaban J connectivity index is 1.42. The normalized spacial score (nSPS) is 27.5. The zero-order valence-corrected chi connectivity index (χ0v) is 18.7. The van der Waals surface area contributed by atoms with Gasteiger partial charge in [-0.1, -0.05) is 30.7 Å². The Labute approximate surface area is 184 Å². The third-order valence-corrected chi connectivity index (χ3v) is 7.32. The number of ether oxygens (including phenoxy) is 1. The summed E-state index contributed by atoms with van der Waals surface area (Å²) in [4.78, 5) is 32.1. The summed E-state index contributed by atoms with van der Waals surface area (Å²) in [5.74, 6) is -0.219. The Morgan fingerprint density at radius 1 is 1.20 bits per heavy atom. The van der Waals surface area contributed by atoms with Crippen molar-refractivity contribution in [1.82, 2.24) is 14.7 Å². The molecule has 3 aliphatic heterocycles. The lowest BCUT2D eigenvalue weighted by molar-refractivity contribution is -0.139. The van der Waals surface area contributed by atoms with Gasteiger partial charge in [-0.2, -0.15) is 0 Å². The minimum atomic E-state index is -0.343. The van der Waals surface area contributed by atoms with Gasteiger partial charge < -0.3 is 14.5 Å². The summed E-state index contributed by atoms with van der Waals surface area (Å²) in [6.45, 7) is 8.54. The second-order valence-electron chi connectivity index (χ2n) is 9.34. The predicted molar refractivity (Wildman–Crippen MR) is 116 cm³/mol. The van der Waals surface area contributed by atoms with Gasteiger partial charge in [0.2, 0.25) is 11.8 Å². The van der Waals surface area contributed by atoms with Gasteiger partial charge in [-0.05, 0) is 36.0 Å². The summed E-state index contributed by atoms with van der Waals surface area (Å²) in [7, 11) is 1.79. The molecule has 0 unspecified atom stereocenters. The van der Waals surface area contributed by atoms with Crippen LogP contribution in [0.3, 0.4) is 0 Å². The molecule has 0 aromatic heterocycles. The first-order valence-electron chi connectivity index (χ1n) is 11.0. The van der Waals surface area contributed by atoms with Gasteiger partial charge >= 0.3 is 0 Å². The zero-order chi connectivity index (χ0) is 21.3. The lowest BCUT2D eigenvalue weighted by Gasteiger charge is -2.43. The van der Waals surface area contributed by atoms with Gasteiger partial charge in [-0.3, -0.25) is 14.5 Å². The molecule has 3 heterocycles. The molecule has 0 N–H and O–H groups in total. The molecule has 2 atom stereocenters. The van der Waals surface area contributed by atoms with E-state index in [1.807, 2.05) is 29.2 Å². The number of carbonyl (C=O) groups excluding carboxylic acids is 2. The second kappa shape index (κ2) is 8.85. The van der Waals surface area contributed by atoms with Gasteiger partial charge in [0.05, 0.1) is 25.2 Å². The van der Waals surface area contributed by atoms with Crippen LogP contribution in [0.25, 0.3) is 0 Å². The van der Waals surface area contributed by atoms with Crippen LogP contribution in [-0.4, -0.2) is 79.5 Å². The molecule has 0 bridgehead atoms. The molecule has 0 saturated carbocycles. The van der Waals surface area contributed by atoms with E-state index in [1.54, 1.807) is 11.9 Å². The zero-order valence-electron chi connectivity index (χ0n) is 18.0. The molecular weight excluding hydrogens is 402 g/mol. The number of carbonyl (C=O) groups is 2. The van der Waals surface area contributed by atoms with E-state index < -0.39 is 0 Å². The molecule has 164 valence electrons. The second-order valence-corrected chi connectivity index (χ2v) is 9.78. The quantitative estimate of drug-likeness (QED) is 0.732. The Hall–Kier alpha value is -1.63. The average molecular weight is 434 g/mol.